The average Bonchev–Trinajstić information content (AvgIpc) is 3.28. The number of ether oxygens (including phenoxy) is 1. The molecular formula is C20H20N6O3. The number of imide groups is 1. The maximum atomic E-state index is 13.1. The number of nitrogens with one attached hydrogen (secondary N) is 1. The van der Waals surface area contributed by atoms with Gasteiger partial charge in [-0.1, -0.05) is 36.4 Å². The molecule has 29 heavy (non-hydrogen) atoms. The molecule has 1 saturated heterocycles. The van der Waals surface area contributed by atoms with Crippen LogP contribution in [0.4, 0.5) is 4.79 Å². The fourth-order valence-corrected chi connectivity index (χ4v) is 3.46. The summed E-state index contributed by atoms with van der Waals surface area (Å²) in [7, 11) is 1.58. The van der Waals surface area contributed by atoms with Crippen LogP contribution >= 0.6 is 0 Å². The second kappa shape index (κ2) is 7.34. The van der Waals surface area contributed by atoms with Crippen LogP contribution in [0.25, 0.3) is 5.69 Å². The Kier molecular flexibility index (Phi) is 4.71. The van der Waals surface area contributed by atoms with E-state index in [4.69, 9.17) is 4.74 Å². The summed E-state index contributed by atoms with van der Waals surface area (Å²) < 4.78 is 6.88. The summed E-state index contributed by atoms with van der Waals surface area (Å²) in [4.78, 5) is 26.9. The van der Waals surface area contributed by atoms with Gasteiger partial charge in [-0.2, -0.15) is 4.68 Å². The SMILES string of the molecule is COc1ccccc1C[C@@]1(C)NC(=O)N(Cc2nnnn2-c2ccccc2)C1=O. The first kappa shape index (κ1) is 18.6. The molecule has 0 unspecified atom stereocenters. The molecule has 3 amide bonds. The van der Waals surface area contributed by atoms with E-state index in [0.717, 1.165) is 16.2 Å². The number of rotatable bonds is 6. The zero-order valence-electron chi connectivity index (χ0n) is 16.1. The number of tetrazole rings is 1. The predicted molar refractivity (Wildman–Crippen MR) is 103 cm³/mol. The molecule has 1 fully saturated rings. The van der Waals surface area contributed by atoms with Gasteiger partial charge in [0, 0.05) is 6.42 Å². The van der Waals surface area contributed by atoms with Crippen LogP contribution in [-0.4, -0.2) is 49.7 Å². The Morgan fingerprint density at radius 2 is 1.79 bits per heavy atom. The van der Waals surface area contributed by atoms with Gasteiger partial charge in [0.05, 0.1) is 19.3 Å². The average molecular weight is 392 g/mol. The molecule has 4 rings (SSSR count). The van der Waals surface area contributed by atoms with Crippen molar-refractivity contribution < 1.29 is 14.3 Å². The van der Waals surface area contributed by atoms with Crippen molar-refractivity contribution in [1.29, 1.82) is 0 Å². The van der Waals surface area contributed by atoms with Crippen molar-refractivity contribution in [1.82, 2.24) is 30.4 Å². The van der Waals surface area contributed by atoms with Crippen LogP contribution in [0.1, 0.15) is 18.3 Å². The minimum Gasteiger partial charge on any atom is -0.496 e. The smallest absolute Gasteiger partial charge is 0.325 e. The van der Waals surface area contributed by atoms with E-state index in [2.05, 4.69) is 20.8 Å². The van der Waals surface area contributed by atoms with E-state index in [1.165, 1.54) is 4.68 Å². The van der Waals surface area contributed by atoms with Crippen molar-refractivity contribution in [2.45, 2.75) is 25.4 Å². The minimum atomic E-state index is -1.09. The number of carbonyl (C=O) groups excluding carboxylic acids is 2. The Morgan fingerprint density at radius 1 is 1.07 bits per heavy atom. The lowest BCUT2D eigenvalue weighted by molar-refractivity contribution is -0.131. The highest BCUT2D eigenvalue weighted by Crippen LogP contribution is 2.28. The van der Waals surface area contributed by atoms with Crippen molar-refractivity contribution in [3.8, 4) is 11.4 Å². The summed E-state index contributed by atoms with van der Waals surface area (Å²) in [5, 5.41) is 14.5. The van der Waals surface area contributed by atoms with Crippen molar-refractivity contribution in [2.75, 3.05) is 7.11 Å². The molecule has 1 aromatic heterocycles. The van der Waals surface area contributed by atoms with Crippen LogP contribution in [0.3, 0.4) is 0 Å². The zero-order valence-corrected chi connectivity index (χ0v) is 16.1. The second-order valence-electron chi connectivity index (χ2n) is 6.98. The van der Waals surface area contributed by atoms with Gasteiger partial charge in [0.25, 0.3) is 5.91 Å². The third kappa shape index (κ3) is 3.42. The van der Waals surface area contributed by atoms with E-state index in [-0.39, 0.29) is 12.5 Å². The number of para-hydroxylation sites is 2. The van der Waals surface area contributed by atoms with Crippen LogP contribution in [0, 0.1) is 0 Å². The fourth-order valence-electron chi connectivity index (χ4n) is 3.46. The van der Waals surface area contributed by atoms with E-state index >= 15 is 0 Å². The van der Waals surface area contributed by atoms with Gasteiger partial charge in [0.2, 0.25) is 0 Å². The minimum absolute atomic E-state index is 0.0337. The number of urea groups is 1. The molecule has 0 aliphatic carbocycles. The van der Waals surface area contributed by atoms with Crippen molar-refractivity contribution in [3.05, 3.63) is 66.0 Å². The lowest BCUT2D eigenvalue weighted by Gasteiger charge is -2.22. The largest absolute Gasteiger partial charge is 0.496 e. The quantitative estimate of drug-likeness (QED) is 0.641. The van der Waals surface area contributed by atoms with Crippen molar-refractivity contribution in [2.24, 2.45) is 0 Å². The molecule has 1 atom stereocenters. The van der Waals surface area contributed by atoms with E-state index in [1.54, 1.807) is 14.0 Å². The maximum absolute atomic E-state index is 13.1. The molecule has 3 aromatic rings. The summed E-state index contributed by atoms with van der Waals surface area (Å²) in [6.45, 7) is 1.67. The lowest BCUT2D eigenvalue weighted by Crippen LogP contribution is -2.46. The first-order chi connectivity index (χ1) is 14.0. The Balaban J connectivity index is 1.57. The molecule has 2 heterocycles. The van der Waals surface area contributed by atoms with Crippen LogP contribution in [0.2, 0.25) is 0 Å². The number of amides is 3. The molecule has 0 saturated carbocycles. The van der Waals surface area contributed by atoms with Gasteiger partial charge < -0.3 is 10.1 Å². The van der Waals surface area contributed by atoms with Crippen LogP contribution in [0.15, 0.2) is 54.6 Å². The van der Waals surface area contributed by atoms with Gasteiger partial charge >= 0.3 is 6.03 Å². The van der Waals surface area contributed by atoms with E-state index < -0.39 is 11.6 Å². The molecule has 0 radical (unpaired) electrons. The monoisotopic (exact) mass is 392 g/mol. The lowest BCUT2D eigenvalue weighted by atomic mass is 9.92. The Hall–Kier alpha value is -3.75. The topological polar surface area (TPSA) is 102 Å². The van der Waals surface area contributed by atoms with E-state index in [9.17, 15) is 9.59 Å². The van der Waals surface area contributed by atoms with Crippen LogP contribution < -0.4 is 10.1 Å². The van der Waals surface area contributed by atoms with Gasteiger partial charge in [-0.3, -0.25) is 9.69 Å². The molecule has 2 aromatic carbocycles. The Bertz CT molecular complexity index is 1050. The number of hydrogen-bond donors (Lipinski definition) is 1. The highest BCUT2D eigenvalue weighted by atomic mass is 16.5. The number of nitrogens with zero attached hydrogens (tertiary/aromatic N) is 5. The number of carbonyl (C=O) groups is 2. The molecule has 1 aliphatic rings. The molecule has 1 aliphatic heterocycles. The molecule has 0 bridgehead atoms. The van der Waals surface area contributed by atoms with Crippen molar-refractivity contribution in [3.63, 3.8) is 0 Å². The zero-order chi connectivity index (χ0) is 20.4. The molecule has 148 valence electrons. The highest BCUT2D eigenvalue weighted by Gasteiger charge is 2.48. The predicted octanol–water partition coefficient (Wildman–Crippen LogP) is 1.72. The number of aromatic nitrogens is 4. The van der Waals surface area contributed by atoms with Crippen LogP contribution in [0.5, 0.6) is 5.75 Å². The number of hydrogen-bond acceptors (Lipinski definition) is 6. The Labute approximate surface area is 167 Å². The van der Waals surface area contributed by atoms with Crippen molar-refractivity contribution >= 4 is 11.9 Å². The number of methoxy groups -OCH3 is 1. The molecular weight excluding hydrogens is 372 g/mol. The van der Waals surface area contributed by atoms with E-state index in [1.807, 2.05) is 54.6 Å². The van der Waals surface area contributed by atoms with Crippen LogP contribution in [-0.2, 0) is 17.8 Å². The maximum Gasteiger partial charge on any atom is 0.325 e. The summed E-state index contributed by atoms with van der Waals surface area (Å²) in [6.07, 6.45) is 0.307. The first-order valence-electron chi connectivity index (χ1n) is 9.10. The number of benzene rings is 2. The van der Waals surface area contributed by atoms with Gasteiger partial charge in [-0.05, 0) is 41.1 Å². The summed E-state index contributed by atoms with van der Waals surface area (Å²) in [5.74, 6) is 0.722. The Morgan fingerprint density at radius 3 is 2.55 bits per heavy atom. The third-order valence-corrected chi connectivity index (χ3v) is 4.92. The fraction of sp³-hybridized carbons (Fsp3) is 0.250. The van der Waals surface area contributed by atoms with E-state index in [0.29, 0.717) is 18.0 Å². The van der Waals surface area contributed by atoms with Gasteiger partial charge in [-0.25, -0.2) is 4.79 Å². The second-order valence-corrected chi connectivity index (χ2v) is 6.98. The van der Waals surface area contributed by atoms with Gasteiger partial charge in [0.1, 0.15) is 11.3 Å². The van der Waals surface area contributed by atoms with Gasteiger partial charge in [0.15, 0.2) is 5.82 Å². The normalized spacial score (nSPS) is 18.8. The first-order valence-corrected chi connectivity index (χ1v) is 9.10. The standard InChI is InChI=1S/C20H20N6O3/c1-20(12-14-8-6-7-11-16(14)29-2)18(27)25(19(28)21-20)13-17-22-23-24-26(17)15-9-4-3-5-10-15/h3-11H,12-13H2,1-2H3,(H,21,28)/t20-/m1/s1. The molecule has 9 heteroatoms. The summed E-state index contributed by atoms with van der Waals surface area (Å²) >= 11 is 0. The molecule has 9 nitrogen and oxygen atoms in total. The summed E-state index contributed by atoms with van der Waals surface area (Å²) in [5.41, 5.74) is 0.495. The highest BCUT2D eigenvalue weighted by molar-refractivity contribution is 6.06. The molecule has 0 spiro atoms. The molecule has 1 N–H and O–H groups in total. The van der Waals surface area contributed by atoms with Gasteiger partial charge in [-0.15, -0.1) is 5.10 Å². The summed E-state index contributed by atoms with van der Waals surface area (Å²) in [6, 6.07) is 16.2. The third-order valence-electron chi connectivity index (χ3n) is 4.92.